The van der Waals surface area contributed by atoms with Crippen molar-refractivity contribution in [3.8, 4) is 22.8 Å². The van der Waals surface area contributed by atoms with Crippen molar-refractivity contribution in [2.24, 2.45) is 0 Å². The topological polar surface area (TPSA) is 74.7 Å². The van der Waals surface area contributed by atoms with Gasteiger partial charge in [0.1, 0.15) is 23.0 Å². The zero-order chi connectivity index (χ0) is 14.1. The molecule has 0 amide bonds. The van der Waals surface area contributed by atoms with Crippen LogP contribution >= 0.6 is 0 Å². The van der Waals surface area contributed by atoms with Crippen molar-refractivity contribution in [1.29, 1.82) is 0 Å². The van der Waals surface area contributed by atoms with E-state index in [0.717, 1.165) is 5.56 Å². The third kappa shape index (κ3) is 1.91. The van der Waals surface area contributed by atoms with E-state index in [-0.39, 0.29) is 0 Å². The molecule has 2 N–H and O–H groups in total. The number of benzene rings is 1. The second-order valence-electron chi connectivity index (χ2n) is 4.25. The molecule has 2 heterocycles. The second kappa shape index (κ2) is 4.73. The van der Waals surface area contributed by atoms with Crippen molar-refractivity contribution in [2.75, 3.05) is 20.0 Å². The molecule has 3 aromatic rings. The molecule has 6 nitrogen and oxygen atoms in total. The van der Waals surface area contributed by atoms with Crippen molar-refractivity contribution in [3.63, 3.8) is 0 Å². The standard InChI is InChI=1S/C14H14N4O2/c1-19-10-5-9(6-11(7-10)20-2)13-14(15)18-4-3-16-8-12(18)17-13/h3-8H,15H2,1-2H3. The van der Waals surface area contributed by atoms with Gasteiger partial charge in [0.15, 0.2) is 5.65 Å². The van der Waals surface area contributed by atoms with Crippen LogP contribution in [0.15, 0.2) is 36.8 Å². The third-order valence-corrected chi connectivity index (χ3v) is 3.09. The summed E-state index contributed by atoms with van der Waals surface area (Å²) in [7, 11) is 3.21. The van der Waals surface area contributed by atoms with Gasteiger partial charge in [-0.1, -0.05) is 0 Å². The fourth-order valence-electron chi connectivity index (χ4n) is 2.08. The molecule has 0 aliphatic rings. The van der Waals surface area contributed by atoms with Crippen LogP contribution in [-0.2, 0) is 0 Å². The maximum atomic E-state index is 6.15. The second-order valence-corrected chi connectivity index (χ2v) is 4.25. The van der Waals surface area contributed by atoms with Crippen LogP contribution < -0.4 is 15.2 Å². The van der Waals surface area contributed by atoms with Crippen LogP contribution in [-0.4, -0.2) is 28.6 Å². The van der Waals surface area contributed by atoms with Gasteiger partial charge in [-0.25, -0.2) is 4.98 Å². The minimum Gasteiger partial charge on any atom is -0.497 e. The van der Waals surface area contributed by atoms with Crippen LogP contribution in [0.25, 0.3) is 16.9 Å². The molecule has 0 radical (unpaired) electrons. The Morgan fingerprint density at radius 2 is 1.80 bits per heavy atom. The minimum atomic E-state index is 0.553. The van der Waals surface area contributed by atoms with E-state index in [1.807, 2.05) is 12.1 Å². The van der Waals surface area contributed by atoms with Crippen LogP contribution in [0, 0.1) is 0 Å². The van der Waals surface area contributed by atoms with Crippen molar-refractivity contribution in [2.45, 2.75) is 0 Å². The molecule has 102 valence electrons. The number of hydrogen-bond acceptors (Lipinski definition) is 5. The predicted molar refractivity (Wildman–Crippen MR) is 75.9 cm³/mol. The maximum absolute atomic E-state index is 6.15. The van der Waals surface area contributed by atoms with Crippen LogP contribution in [0.1, 0.15) is 0 Å². The van der Waals surface area contributed by atoms with Crippen LogP contribution in [0.4, 0.5) is 5.82 Å². The lowest BCUT2D eigenvalue weighted by molar-refractivity contribution is 0.394. The Hall–Kier alpha value is -2.76. The van der Waals surface area contributed by atoms with Gasteiger partial charge < -0.3 is 15.2 Å². The van der Waals surface area contributed by atoms with E-state index < -0.39 is 0 Å². The summed E-state index contributed by atoms with van der Waals surface area (Å²) in [6, 6.07) is 5.54. The molecule has 2 aromatic heterocycles. The lowest BCUT2D eigenvalue weighted by Gasteiger charge is -2.07. The Balaban J connectivity index is 2.22. The Kier molecular flexibility index (Phi) is 2.90. The number of aromatic nitrogens is 3. The number of hydrogen-bond donors (Lipinski definition) is 1. The zero-order valence-corrected chi connectivity index (χ0v) is 11.2. The predicted octanol–water partition coefficient (Wildman–Crippen LogP) is 2.00. The SMILES string of the molecule is COc1cc(OC)cc(-c2nc3cnccn3c2N)c1. The fourth-order valence-corrected chi connectivity index (χ4v) is 2.08. The summed E-state index contributed by atoms with van der Waals surface area (Å²) in [6.07, 6.45) is 5.11. The first-order valence-corrected chi connectivity index (χ1v) is 6.04. The third-order valence-electron chi connectivity index (χ3n) is 3.09. The summed E-state index contributed by atoms with van der Waals surface area (Å²) in [5.74, 6) is 1.93. The van der Waals surface area contributed by atoms with Gasteiger partial charge in [0.25, 0.3) is 0 Å². The number of ether oxygens (including phenoxy) is 2. The molecular formula is C14H14N4O2. The zero-order valence-electron chi connectivity index (χ0n) is 11.2. The largest absolute Gasteiger partial charge is 0.497 e. The summed E-state index contributed by atoms with van der Waals surface area (Å²) < 4.78 is 12.3. The highest BCUT2D eigenvalue weighted by Crippen LogP contribution is 2.32. The lowest BCUT2D eigenvalue weighted by atomic mass is 10.1. The number of methoxy groups -OCH3 is 2. The molecular weight excluding hydrogens is 256 g/mol. The number of fused-ring (bicyclic) bond motifs is 1. The Bertz CT molecular complexity index is 745. The fraction of sp³-hybridized carbons (Fsp3) is 0.143. The molecule has 0 fully saturated rings. The summed E-state index contributed by atoms with van der Waals surface area (Å²) >= 11 is 0. The van der Waals surface area contributed by atoms with Crippen molar-refractivity contribution >= 4 is 11.5 Å². The smallest absolute Gasteiger partial charge is 0.157 e. The molecule has 20 heavy (non-hydrogen) atoms. The van der Waals surface area contributed by atoms with Gasteiger partial charge in [-0.05, 0) is 12.1 Å². The van der Waals surface area contributed by atoms with E-state index in [2.05, 4.69) is 9.97 Å². The summed E-state index contributed by atoms with van der Waals surface area (Å²) in [5.41, 5.74) is 8.35. The molecule has 0 saturated carbocycles. The number of nitrogen functional groups attached to an aromatic ring is 1. The molecule has 1 aromatic carbocycles. The van der Waals surface area contributed by atoms with Crippen LogP contribution in [0.5, 0.6) is 11.5 Å². The van der Waals surface area contributed by atoms with Gasteiger partial charge in [0.2, 0.25) is 0 Å². The first-order chi connectivity index (χ1) is 9.72. The van der Waals surface area contributed by atoms with E-state index in [9.17, 15) is 0 Å². The number of rotatable bonds is 3. The van der Waals surface area contributed by atoms with Crippen molar-refractivity contribution < 1.29 is 9.47 Å². The Morgan fingerprint density at radius 1 is 1.10 bits per heavy atom. The summed E-state index contributed by atoms with van der Waals surface area (Å²) in [5, 5.41) is 0. The van der Waals surface area contributed by atoms with Crippen LogP contribution in [0.3, 0.4) is 0 Å². The van der Waals surface area contributed by atoms with Crippen molar-refractivity contribution in [3.05, 3.63) is 36.8 Å². The van der Waals surface area contributed by atoms with E-state index >= 15 is 0 Å². The van der Waals surface area contributed by atoms with E-state index in [1.54, 1.807) is 43.3 Å². The molecule has 6 heteroatoms. The molecule has 0 atom stereocenters. The molecule has 0 aliphatic carbocycles. The van der Waals surface area contributed by atoms with Gasteiger partial charge >= 0.3 is 0 Å². The highest BCUT2D eigenvalue weighted by molar-refractivity contribution is 5.76. The summed E-state index contributed by atoms with van der Waals surface area (Å²) in [6.45, 7) is 0. The van der Waals surface area contributed by atoms with Crippen molar-refractivity contribution in [1.82, 2.24) is 14.4 Å². The first-order valence-electron chi connectivity index (χ1n) is 6.04. The number of nitrogens with two attached hydrogens (primary N) is 1. The molecule has 0 aliphatic heterocycles. The molecule has 0 unspecified atom stereocenters. The van der Waals surface area contributed by atoms with Gasteiger partial charge in [-0.2, -0.15) is 0 Å². The maximum Gasteiger partial charge on any atom is 0.157 e. The lowest BCUT2D eigenvalue weighted by Crippen LogP contribution is -1.95. The molecule has 0 spiro atoms. The Labute approximate surface area is 115 Å². The average Bonchev–Trinajstić information content (AvgIpc) is 2.84. The molecule has 3 rings (SSSR count). The monoisotopic (exact) mass is 270 g/mol. The number of anilines is 1. The Morgan fingerprint density at radius 3 is 2.40 bits per heavy atom. The van der Waals surface area contributed by atoms with Gasteiger partial charge in [0, 0.05) is 24.0 Å². The number of imidazole rings is 1. The molecule has 0 saturated heterocycles. The normalized spacial score (nSPS) is 10.7. The van der Waals surface area contributed by atoms with E-state index in [4.69, 9.17) is 15.2 Å². The minimum absolute atomic E-state index is 0.553. The van der Waals surface area contributed by atoms with E-state index in [1.165, 1.54) is 0 Å². The van der Waals surface area contributed by atoms with E-state index in [0.29, 0.717) is 28.7 Å². The quantitative estimate of drug-likeness (QED) is 0.787. The highest BCUT2D eigenvalue weighted by Gasteiger charge is 2.13. The van der Waals surface area contributed by atoms with Crippen LogP contribution in [0.2, 0.25) is 0 Å². The average molecular weight is 270 g/mol. The first kappa shape index (κ1) is 12.3. The summed E-state index contributed by atoms with van der Waals surface area (Å²) in [4.78, 5) is 8.54. The highest BCUT2D eigenvalue weighted by atomic mass is 16.5. The van der Waals surface area contributed by atoms with Gasteiger partial charge in [-0.15, -0.1) is 0 Å². The number of nitrogens with zero attached hydrogens (tertiary/aromatic N) is 3. The van der Waals surface area contributed by atoms with Gasteiger partial charge in [0.05, 0.1) is 20.4 Å². The molecule has 0 bridgehead atoms. The van der Waals surface area contributed by atoms with Gasteiger partial charge in [-0.3, -0.25) is 9.38 Å².